The largest absolute Gasteiger partial charge is 0.489 e. The third-order valence-electron chi connectivity index (χ3n) is 2.76. The van der Waals surface area contributed by atoms with Crippen LogP contribution in [0.4, 0.5) is 11.4 Å². The highest BCUT2D eigenvalue weighted by Crippen LogP contribution is 2.21. The lowest BCUT2D eigenvalue weighted by atomic mass is 10.1. The zero-order chi connectivity index (χ0) is 13.8. The van der Waals surface area contributed by atoms with E-state index in [0.717, 1.165) is 5.56 Å². The lowest BCUT2D eigenvalue weighted by molar-refractivity contribution is 0.101. The first kappa shape index (κ1) is 13.0. The zero-order valence-electron chi connectivity index (χ0n) is 10.7. The van der Waals surface area contributed by atoms with Gasteiger partial charge in [-0.2, -0.15) is 0 Å². The van der Waals surface area contributed by atoms with Crippen LogP contribution < -0.4 is 16.2 Å². The summed E-state index contributed by atoms with van der Waals surface area (Å²) in [6.07, 6.45) is 0. The lowest BCUT2D eigenvalue weighted by Gasteiger charge is -2.09. The van der Waals surface area contributed by atoms with Crippen LogP contribution in [0.1, 0.15) is 22.8 Å². The van der Waals surface area contributed by atoms with Gasteiger partial charge in [-0.15, -0.1) is 0 Å². The van der Waals surface area contributed by atoms with Crippen LogP contribution in [-0.2, 0) is 6.61 Å². The fourth-order valence-electron chi connectivity index (χ4n) is 1.80. The van der Waals surface area contributed by atoms with Crippen molar-refractivity contribution in [3.63, 3.8) is 0 Å². The van der Waals surface area contributed by atoms with Gasteiger partial charge < -0.3 is 16.2 Å². The highest BCUT2D eigenvalue weighted by Gasteiger charge is 2.06. The van der Waals surface area contributed by atoms with E-state index in [1.165, 1.54) is 6.92 Å². The Morgan fingerprint density at radius 3 is 2.58 bits per heavy atom. The van der Waals surface area contributed by atoms with Gasteiger partial charge in [-0.05, 0) is 36.8 Å². The van der Waals surface area contributed by atoms with E-state index in [1.54, 1.807) is 18.2 Å². The molecule has 2 rings (SSSR count). The molecule has 0 fully saturated rings. The molecule has 4 N–H and O–H groups in total. The highest BCUT2D eigenvalue weighted by atomic mass is 16.5. The number of nitrogens with two attached hydrogens (primary N) is 2. The summed E-state index contributed by atoms with van der Waals surface area (Å²) in [4.78, 5) is 11.3. The SMILES string of the molecule is CC(=O)c1ccc(OCc2cccc(N)c2)cc1N. The Hall–Kier alpha value is -2.49. The molecule has 0 aliphatic carbocycles. The summed E-state index contributed by atoms with van der Waals surface area (Å²) in [5.74, 6) is 0.574. The fourth-order valence-corrected chi connectivity index (χ4v) is 1.80. The normalized spacial score (nSPS) is 10.2. The van der Waals surface area contributed by atoms with Gasteiger partial charge in [0.25, 0.3) is 0 Å². The number of Topliss-reactive ketones (excluding diaryl/α,β-unsaturated/α-hetero) is 1. The summed E-state index contributed by atoms with van der Waals surface area (Å²) in [5.41, 5.74) is 14.1. The van der Waals surface area contributed by atoms with Crippen LogP contribution in [0.2, 0.25) is 0 Å². The number of carbonyl (C=O) groups is 1. The molecule has 4 nitrogen and oxygen atoms in total. The van der Waals surface area contributed by atoms with Gasteiger partial charge >= 0.3 is 0 Å². The third kappa shape index (κ3) is 3.25. The molecule has 0 amide bonds. The Balaban J connectivity index is 2.08. The molecule has 0 unspecified atom stereocenters. The molecule has 0 aromatic heterocycles. The van der Waals surface area contributed by atoms with Crippen LogP contribution in [0, 0.1) is 0 Å². The van der Waals surface area contributed by atoms with Gasteiger partial charge in [0.2, 0.25) is 0 Å². The second-order valence-corrected chi connectivity index (χ2v) is 4.34. The van der Waals surface area contributed by atoms with Crippen LogP contribution in [-0.4, -0.2) is 5.78 Å². The molecule has 0 saturated heterocycles. The van der Waals surface area contributed by atoms with Crippen LogP contribution in [0.25, 0.3) is 0 Å². The summed E-state index contributed by atoms with van der Waals surface area (Å²) >= 11 is 0. The number of hydrogen-bond acceptors (Lipinski definition) is 4. The van der Waals surface area contributed by atoms with Crippen LogP contribution >= 0.6 is 0 Å². The summed E-state index contributed by atoms with van der Waals surface area (Å²) in [6.45, 7) is 1.89. The Labute approximate surface area is 112 Å². The minimum Gasteiger partial charge on any atom is -0.489 e. The van der Waals surface area contributed by atoms with Crippen molar-refractivity contribution in [2.24, 2.45) is 0 Å². The Bertz CT molecular complexity index is 609. The lowest BCUT2D eigenvalue weighted by Crippen LogP contribution is -2.01. The first-order valence-corrected chi connectivity index (χ1v) is 5.94. The Morgan fingerprint density at radius 1 is 1.16 bits per heavy atom. The van der Waals surface area contributed by atoms with E-state index in [2.05, 4.69) is 0 Å². The van der Waals surface area contributed by atoms with Gasteiger partial charge in [0.05, 0.1) is 0 Å². The topological polar surface area (TPSA) is 78.3 Å². The standard InChI is InChI=1S/C15H16N2O2/c1-10(18)14-6-5-13(8-15(14)17)19-9-11-3-2-4-12(16)7-11/h2-8H,9,16-17H2,1H3. The maximum atomic E-state index is 11.3. The van der Waals surface area contributed by atoms with Crippen molar-refractivity contribution in [2.45, 2.75) is 13.5 Å². The first-order chi connectivity index (χ1) is 9.06. The highest BCUT2D eigenvalue weighted by molar-refractivity contribution is 5.99. The summed E-state index contributed by atoms with van der Waals surface area (Å²) in [5, 5.41) is 0. The minimum absolute atomic E-state index is 0.0557. The number of nitrogen functional groups attached to an aromatic ring is 2. The predicted octanol–water partition coefficient (Wildman–Crippen LogP) is 2.63. The van der Waals surface area contributed by atoms with Gasteiger partial charge in [0, 0.05) is 23.0 Å². The number of ether oxygens (including phenoxy) is 1. The van der Waals surface area contributed by atoms with Gasteiger partial charge in [-0.1, -0.05) is 12.1 Å². The van der Waals surface area contributed by atoms with E-state index >= 15 is 0 Å². The predicted molar refractivity (Wildman–Crippen MR) is 76.0 cm³/mol. The summed E-state index contributed by atoms with van der Waals surface area (Å²) in [6, 6.07) is 12.6. The van der Waals surface area contributed by atoms with Crippen molar-refractivity contribution in [3.8, 4) is 5.75 Å². The average Bonchev–Trinajstić information content (AvgIpc) is 2.36. The smallest absolute Gasteiger partial charge is 0.161 e. The summed E-state index contributed by atoms with van der Waals surface area (Å²) in [7, 11) is 0. The molecule has 0 atom stereocenters. The first-order valence-electron chi connectivity index (χ1n) is 5.94. The van der Waals surface area contributed by atoms with E-state index in [-0.39, 0.29) is 5.78 Å². The van der Waals surface area contributed by atoms with Gasteiger partial charge in [0.1, 0.15) is 12.4 Å². The van der Waals surface area contributed by atoms with Crippen molar-refractivity contribution in [1.82, 2.24) is 0 Å². The van der Waals surface area contributed by atoms with E-state index in [4.69, 9.17) is 16.2 Å². The van der Waals surface area contributed by atoms with E-state index in [1.807, 2.05) is 24.3 Å². The van der Waals surface area contributed by atoms with E-state index in [0.29, 0.717) is 29.3 Å². The molecular formula is C15H16N2O2. The second-order valence-electron chi connectivity index (χ2n) is 4.34. The molecule has 4 heteroatoms. The van der Waals surface area contributed by atoms with Gasteiger partial charge in [0.15, 0.2) is 5.78 Å². The molecular weight excluding hydrogens is 240 g/mol. The molecule has 0 radical (unpaired) electrons. The van der Waals surface area contributed by atoms with Crippen molar-refractivity contribution in [2.75, 3.05) is 11.5 Å². The number of carbonyl (C=O) groups excluding carboxylic acids is 1. The number of anilines is 2. The number of rotatable bonds is 4. The van der Waals surface area contributed by atoms with E-state index in [9.17, 15) is 4.79 Å². The Kier molecular flexibility index (Phi) is 3.71. The molecule has 0 aliphatic rings. The molecule has 0 saturated carbocycles. The van der Waals surface area contributed by atoms with Crippen molar-refractivity contribution in [1.29, 1.82) is 0 Å². The molecule has 2 aromatic rings. The molecule has 0 heterocycles. The van der Waals surface area contributed by atoms with Crippen molar-refractivity contribution in [3.05, 3.63) is 53.6 Å². The maximum Gasteiger partial charge on any atom is 0.161 e. The molecule has 0 aliphatic heterocycles. The second kappa shape index (κ2) is 5.44. The van der Waals surface area contributed by atoms with Crippen molar-refractivity contribution < 1.29 is 9.53 Å². The van der Waals surface area contributed by atoms with E-state index < -0.39 is 0 Å². The minimum atomic E-state index is -0.0557. The molecule has 2 aromatic carbocycles. The summed E-state index contributed by atoms with van der Waals surface area (Å²) < 4.78 is 5.62. The molecule has 0 bridgehead atoms. The average molecular weight is 256 g/mol. The number of benzene rings is 2. The Morgan fingerprint density at radius 2 is 1.95 bits per heavy atom. The zero-order valence-corrected chi connectivity index (χ0v) is 10.7. The molecule has 19 heavy (non-hydrogen) atoms. The van der Waals surface area contributed by atoms with Crippen molar-refractivity contribution >= 4 is 17.2 Å². The van der Waals surface area contributed by atoms with Gasteiger partial charge in [-0.3, -0.25) is 4.79 Å². The quantitative estimate of drug-likeness (QED) is 0.651. The molecule has 0 spiro atoms. The fraction of sp³-hybridized carbons (Fsp3) is 0.133. The molecule has 98 valence electrons. The third-order valence-corrected chi connectivity index (χ3v) is 2.76. The van der Waals surface area contributed by atoms with Crippen LogP contribution in [0.5, 0.6) is 5.75 Å². The number of ketones is 1. The maximum absolute atomic E-state index is 11.3. The monoisotopic (exact) mass is 256 g/mol. The van der Waals surface area contributed by atoms with Crippen LogP contribution in [0.3, 0.4) is 0 Å². The van der Waals surface area contributed by atoms with Gasteiger partial charge in [-0.25, -0.2) is 0 Å². The number of hydrogen-bond donors (Lipinski definition) is 2. The van der Waals surface area contributed by atoms with Crippen LogP contribution in [0.15, 0.2) is 42.5 Å².